The van der Waals surface area contributed by atoms with Gasteiger partial charge in [-0.2, -0.15) is 10.5 Å². The van der Waals surface area contributed by atoms with Crippen molar-refractivity contribution in [3.05, 3.63) is 99.6 Å². The van der Waals surface area contributed by atoms with Crippen molar-refractivity contribution in [2.24, 2.45) is 20.5 Å². The van der Waals surface area contributed by atoms with E-state index >= 15 is 0 Å². The van der Waals surface area contributed by atoms with Gasteiger partial charge in [-0.15, -0.1) is 20.5 Å². The number of aromatic hydroxyl groups is 4. The molecule has 4 rings (SSSR count). The first-order valence-electron chi connectivity index (χ1n) is 16.1. The third kappa shape index (κ3) is 10.1. The van der Waals surface area contributed by atoms with Gasteiger partial charge < -0.3 is 20.4 Å². The van der Waals surface area contributed by atoms with Crippen molar-refractivity contribution in [3.63, 3.8) is 0 Å². The fourth-order valence-electron chi connectivity index (χ4n) is 4.78. The van der Waals surface area contributed by atoms with Gasteiger partial charge in [0.15, 0.2) is 11.4 Å². The molecule has 0 atom stereocenters. The number of nitrogens with zero attached hydrogens (tertiary/aromatic N) is 10. The van der Waals surface area contributed by atoms with Crippen molar-refractivity contribution in [2.75, 3.05) is 0 Å². The van der Waals surface area contributed by atoms with Gasteiger partial charge in [-0.25, -0.2) is 0 Å². The minimum atomic E-state index is -0.653. The molecular weight excluding hydrogens is 767 g/mol. The fraction of sp³-hybridized carbons (Fsp3) is 0.294. The van der Waals surface area contributed by atoms with Gasteiger partial charge in [-0.1, -0.05) is 26.7 Å². The van der Waals surface area contributed by atoms with Gasteiger partial charge in [0.1, 0.15) is 46.1 Å². The number of nitro benzene ring substituents is 2. The van der Waals surface area contributed by atoms with E-state index in [-0.39, 0.29) is 97.7 Å². The number of phenolic OH excluding ortho intramolecular Hbond substituents is 2. The van der Waals surface area contributed by atoms with Crippen LogP contribution in [0.2, 0.25) is 0 Å². The SMILES string of the molecule is CCCCn1c(O)c(N=Nc2cc([N+](=O)[O-])ccc2O)c(C)c(C#N)c1=O.CCCCn1c(O)c(N=Nc2cc([N+](=O)[O-])ccc2O)c(C)c(C#N)c1=O.[Co]. The Balaban J connectivity index is 0.000000373. The molecule has 0 unspecified atom stereocenters. The predicted octanol–water partition coefficient (Wildman–Crippen LogP) is 7.12. The molecule has 0 amide bonds. The number of hydrogen-bond acceptors (Lipinski definition) is 16. The zero-order valence-electron chi connectivity index (χ0n) is 29.8. The van der Waals surface area contributed by atoms with E-state index in [2.05, 4.69) is 20.5 Å². The van der Waals surface area contributed by atoms with E-state index < -0.39 is 32.7 Å². The Morgan fingerprint density at radius 3 is 1.31 bits per heavy atom. The molecule has 2 aromatic heterocycles. The largest absolute Gasteiger partial charge is 0.506 e. The molecule has 2 aromatic carbocycles. The van der Waals surface area contributed by atoms with Crippen molar-refractivity contribution < 1.29 is 47.1 Å². The topological polar surface area (TPSA) is 308 Å². The molecule has 0 spiro atoms. The number of rotatable bonds is 12. The van der Waals surface area contributed by atoms with Crippen LogP contribution in [-0.2, 0) is 29.9 Å². The van der Waals surface area contributed by atoms with Crippen LogP contribution >= 0.6 is 0 Å². The summed E-state index contributed by atoms with van der Waals surface area (Å²) in [5.41, 5.74) is -2.56. The molecule has 0 saturated carbocycles. The minimum absolute atomic E-state index is 0. The van der Waals surface area contributed by atoms with Crippen LogP contribution in [-0.4, -0.2) is 39.4 Å². The summed E-state index contributed by atoms with van der Waals surface area (Å²) >= 11 is 0. The molecule has 4 N–H and O–H groups in total. The number of aromatic nitrogens is 2. The van der Waals surface area contributed by atoms with E-state index in [0.29, 0.717) is 12.8 Å². The molecule has 20 nitrogen and oxygen atoms in total. The molecule has 289 valence electrons. The van der Waals surface area contributed by atoms with E-state index in [9.17, 15) is 60.8 Å². The number of hydrogen-bond donors (Lipinski definition) is 4. The van der Waals surface area contributed by atoms with Crippen molar-refractivity contribution in [3.8, 4) is 35.4 Å². The van der Waals surface area contributed by atoms with Gasteiger partial charge in [0, 0.05) is 65.3 Å². The van der Waals surface area contributed by atoms with Crippen molar-refractivity contribution in [1.29, 1.82) is 10.5 Å². The van der Waals surface area contributed by atoms with Crippen LogP contribution in [0.4, 0.5) is 34.1 Å². The first kappa shape index (κ1) is 44.2. The van der Waals surface area contributed by atoms with Gasteiger partial charge in [0.25, 0.3) is 22.5 Å². The van der Waals surface area contributed by atoms with Gasteiger partial charge in [-0.3, -0.25) is 39.0 Å². The van der Waals surface area contributed by atoms with Crippen molar-refractivity contribution >= 4 is 34.1 Å². The maximum atomic E-state index is 12.3. The molecule has 0 fully saturated rings. The Morgan fingerprint density at radius 1 is 0.673 bits per heavy atom. The van der Waals surface area contributed by atoms with Crippen LogP contribution in [0, 0.1) is 56.7 Å². The first-order chi connectivity index (χ1) is 25.6. The number of pyridine rings is 2. The van der Waals surface area contributed by atoms with Crippen LogP contribution in [0.25, 0.3) is 0 Å². The molecule has 0 bridgehead atoms. The number of unbranched alkanes of at least 4 members (excludes halogenated alkanes) is 2. The first-order valence-corrected chi connectivity index (χ1v) is 16.1. The van der Waals surface area contributed by atoms with E-state index in [1.807, 2.05) is 13.8 Å². The van der Waals surface area contributed by atoms with E-state index in [1.165, 1.54) is 13.8 Å². The molecule has 1 radical (unpaired) electrons. The summed E-state index contributed by atoms with van der Waals surface area (Å²) in [4.78, 5) is 45.1. The Morgan fingerprint density at radius 2 is 1.02 bits per heavy atom. The van der Waals surface area contributed by atoms with Crippen LogP contribution in [0.5, 0.6) is 23.3 Å². The zero-order chi connectivity index (χ0) is 40.3. The number of nitriles is 2. The summed E-state index contributed by atoms with van der Waals surface area (Å²) in [6.07, 6.45) is 2.73. The van der Waals surface area contributed by atoms with Crippen LogP contribution in [0.1, 0.15) is 61.8 Å². The molecular formula is C34H34CoN10O10. The summed E-state index contributed by atoms with van der Waals surface area (Å²) in [5.74, 6) is -1.61. The molecule has 0 aliphatic carbocycles. The Kier molecular flexibility index (Phi) is 15.9. The Bertz CT molecular complexity index is 2210. The molecule has 2 heterocycles. The van der Waals surface area contributed by atoms with Crippen LogP contribution < -0.4 is 11.1 Å². The predicted molar refractivity (Wildman–Crippen MR) is 191 cm³/mol. The zero-order valence-corrected chi connectivity index (χ0v) is 30.8. The third-order valence-electron chi connectivity index (χ3n) is 7.86. The maximum Gasteiger partial charge on any atom is 0.271 e. The number of benzene rings is 2. The normalized spacial score (nSPS) is 10.7. The Labute approximate surface area is 322 Å². The van der Waals surface area contributed by atoms with E-state index in [1.54, 1.807) is 12.1 Å². The average molecular weight is 802 g/mol. The second-order valence-electron chi connectivity index (χ2n) is 11.4. The molecule has 21 heteroatoms. The molecule has 55 heavy (non-hydrogen) atoms. The number of phenols is 2. The second-order valence-corrected chi connectivity index (χ2v) is 11.4. The summed E-state index contributed by atoms with van der Waals surface area (Å²) in [7, 11) is 0. The molecule has 4 aromatic rings. The summed E-state index contributed by atoms with van der Waals surface area (Å²) in [6, 6.07) is 10.0. The van der Waals surface area contributed by atoms with E-state index in [0.717, 1.165) is 58.4 Å². The van der Waals surface area contributed by atoms with Gasteiger partial charge in [0.2, 0.25) is 11.8 Å². The Hall–Kier alpha value is -6.97. The molecule has 0 aliphatic heterocycles. The van der Waals surface area contributed by atoms with E-state index in [4.69, 9.17) is 0 Å². The van der Waals surface area contributed by atoms with Gasteiger partial charge in [-0.05, 0) is 38.8 Å². The van der Waals surface area contributed by atoms with Crippen LogP contribution in [0.3, 0.4) is 0 Å². The monoisotopic (exact) mass is 801 g/mol. The quantitative estimate of drug-likeness (QED) is 0.0632. The smallest absolute Gasteiger partial charge is 0.271 e. The summed E-state index contributed by atoms with van der Waals surface area (Å²) in [6.45, 7) is 7.08. The maximum absolute atomic E-state index is 12.3. The van der Waals surface area contributed by atoms with Gasteiger partial charge in [0.05, 0.1) is 9.85 Å². The van der Waals surface area contributed by atoms with Gasteiger partial charge >= 0.3 is 0 Å². The fourth-order valence-corrected chi connectivity index (χ4v) is 4.78. The molecule has 0 saturated heterocycles. The van der Waals surface area contributed by atoms with Crippen molar-refractivity contribution in [1.82, 2.24) is 9.13 Å². The van der Waals surface area contributed by atoms with Crippen molar-refractivity contribution in [2.45, 2.75) is 66.5 Å². The minimum Gasteiger partial charge on any atom is -0.506 e. The van der Waals surface area contributed by atoms with Crippen LogP contribution in [0.15, 0.2) is 66.4 Å². The molecule has 0 aliphatic rings. The number of non-ortho nitro benzene ring substituents is 2. The second kappa shape index (κ2) is 19.7. The number of nitro groups is 2. The standard InChI is InChI=1S/2C17H17N5O5.Co/c2*1-3-4-7-21-16(24)12(9-18)10(2)15(17(21)25)20-19-13-8-11(22(26)27)5-6-14(13)23;/h2*5-6,8,23,25H,3-4,7H2,1-2H3;. The third-order valence-corrected chi connectivity index (χ3v) is 7.86. The average Bonchev–Trinajstić information content (AvgIpc) is 3.13. The summed E-state index contributed by atoms with van der Waals surface area (Å²) < 4.78 is 2.08. The number of azo groups is 2. The summed E-state index contributed by atoms with van der Waals surface area (Å²) in [5, 5.41) is 95.8.